The van der Waals surface area contributed by atoms with E-state index in [1.807, 2.05) is 18.0 Å². The molecule has 2 aromatic carbocycles. The normalized spacial score (nSPS) is 23.6. The smallest absolute Gasteiger partial charge is 0.320 e. The third-order valence-corrected chi connectivity index (χ3v) is 11.8. The number of aromatic nitrogens is 2. The largest absolute Gasteiger partial charge is 0.378 e. The van der Waals surface area contributed by atoms with E-state index in [1.165, 1.54) is 0 Å². The Balaban J connectivity index is 0.815. The lowest BCUT2D eigenvalue weighted by Gasteiger charge is -2.38. The lowest BCUT2D eigenvalue weighted by atomic mass is 9.81. The molecule has 59 heavy (non-hydrogen) atoms. The Bertz CT molecular complexity index is 2180. The lowest BCUT2D eigenvalue weighted by Crippen LogP contribution is -2.54. The van der Waals surface area contributed by atoms with E-state index in [2.05, 4.69) is 25.8 Å². The van der Waals surface area contributed by atoms with E-state index in [1.54, 1.807) is 47.5 Å². The van der Waals surface area contributed by atoms with Crippen molar-refractivity contribution in [3.8, 4) is 0 Å². The number of benzene rings is 2. The van der Waals surface area contributed by atoms with E-state index >= 15 is 0 Å². The summed E-state index contributed by atoms with van der Waals surface area (Å²) in [6.45, 7) is 3.15. The van der Waals surface area contributed by atoms with Crippen molar-refractivity contribution in [2.24, 2.45) is 11.7 Å². The maximum absolute atomic E-state index is 13.4. The predicted molar refractivity (Wildman–Crippen MR) is 213 cm³/mol. The number of aryl methyl sites for hydroxylation is 1. The number of carbonyl (C=O) groups excluding carboxylic acids is 6. The highest BCUT2D eigenvalue weighted by Crippen LogP contribution is 2.34. The molecule has 3 aromatic rings. The summed E-state index contributed by atoms with van der Waals surface area (Å²) in [6, 6.07) is 11.3. The minimum Gasteiger partial charge on any atom is -0.378 e. The number of fused-ring (bicyclic) bond motifs is 1. The molecule has 18 heteroatoms. The number of aliphatic hydroxyl groups is 1. The van der Waals surface area contributed by atoms with Crippen molar-refractivity contribution in [3.63, 3.8) is 0 Å². The summed E-state index contributed by atoms with van der Waals surface area (Å²) in [5, 5.41) is 18.7. The Morgan fingerprint density at radius 3 is 2.59 bits per heavy atom. The van der Waals surface area contributed by atoms with Crippen LogP contribution < -0.4 is 26.6 Å². The number of piperidine rings is 2. The highest BCUT2D eigenvalue weighted by Gasteiger charge is 2.45. The summed E-state index contributed by atoms with van der Waals surface area (Å²) in [4.78, 5) is 92.4. The molecule has 18 nitrogen and oxygen atoms in total. The molecule has 7 amide bonds. The number of anilines is 4. The van der Waals surface area contributed by atoms with Gasteiger partial charge in [0.05, 0.1) is 29.5 Å². The zero-order valence-electron chi connectivity index (χ0n) is 32.8. The molecule has 6 N–H and O–H groups in total. The second-order valence-electron chi connectivity index (χ2n) is 15.8. The Labute approximate surface area is 340 Å². The number of carbonyl (C=O) groups is 6. The summed E-state index contributed by atoms with van der Waals surface area (Å²) in [6.07, 6.45) is 4.23. The molecule has 3 saturated heterocycles. The van der Waals surface area contributed by atoms with Crippen LogP contribution in [0.2, 0.25) is 0 Å². The van der Waals surface area contributed by atoms with Crippen LogP contribution in [0.25, 0.3) is 0 Å². The highest BCUT2D eigenvalue weighted by molar-refractivity contribution is 6.24. The van der Waals surface area contributed by atoms with Crippen molar-refractivity contribution in [1.82, 2.24) is 30.0 Å². The zero-order chi connectivity index (χ0) is 41.4. The molecular weight excluding hydrogens is 761 g/mol. The molecule has 1 saturated carbocycles. The number of aliphatic hydroxyl groups excluding tert-OH is 1. The van der Waals surface area contributed by atoms with Crippen LogP contribution >= 0.6 is 0 Å². The monoisotopic (exact) mass is 808 g/mol. The number of likely N-dealkylation sites (N-methyl/N-ethyl adjacent to an activating group) is 1. The maximum Gasteiger partial charge on any atom is 0.320 e. The molecule has 0 spiro atoms. The van der Waals surface area contributed by atoms with E-state index < -0.39 is 35.9 Å². The van der Waals surface area contributed by atoms with Gasteiger partial charge in [-0.1, -0.05) is 18.2 Å². The Morgan fingerprint density at radius 2 is 1.83 bits per heavy atom. The van der Waals surface area contributed by atoms with Gasteiger partial charge < -0.3 is 40.9 Å². The van der Waals surface area contributed by atoms with Gasteiger partial charge in [0.2, 0.25) is 17.7 Å². The van der Waals surface area contributed by atoms with Gasteiger partial charge in [-0.25, -0.2) is 14.8 Å². The summed E-state index contributed by atoms with van der Waals surface area (Å²) in [5.74, 6) is -1.61. The standard InChI is InChI=1S/C41H48N10O8/c1-48-15-16-50(41(48)58)27-10-4-14-49(22-27)31-21-43-34(35(42)53)36(46-31)44-25-8-3-9-26(20-25)45-37(54)24-18-28(19-24)59-17-5-7-23-6-2-11-29-33(23)40(57)51(39(29)56)30-12-13-32(52)47-38(30)55/h2-3,6,8-9,11,20-21,24,27-28,30,35,53H,4-5,7,10,12-19,22,42H2,1H3,(H,44,46)(H,45,54)(H,47,52,55)/t24-,27-,28+,30?,35?/m1/s1. The number of nitrogens with one attached hydrogen (secondary N) is 3. The van der Waals surface area contributed by atoms with Gasteiger partial charge in [0, 0.05) is 63.5 Å². The molecule has 4 fully saturated rings. The van der Waals surface area contributed by atoms with Gasteiger partial charge in [0.15, 0.2) is 5.82 Å². The number of amides is 7. The SMILES string of the molecule is CN1CCN([C@@H]2CCCN(c3cnc(C(N)O)c(Nc4cccc(NC(=O)[C@H]5C[C@@H](OCCCc6cccc7c6C(=O)N(C6CCC(=O)NC6=O)C7=O)C5)c4)n3)C2)C1=O. The van der Waals surface area contributed by atoms with Crippen LogP contribution in [-0.4, -0.2) is 123 Å². The fourth-order valence-corrected chi connectivity index (χ4v) is 8.55. The maximum atomic E-state index is 13.4. The molecule has 1 aromatic heterocycles. The summed E-state index contributed by atoms with van der Waals surface area (Å²) >= 11 is 0. The number of rotatable bonds is 13. The minimum absolute atomic E-state index is 0.0351. The summed E-state index contributed by atoms with van der Waals surface area (Å²) < 4.78 is 6.04. The van der Waals surface area contributed by atoms with Gasteiger partial charge in [-0.2, -0.15) is 0 Å². The van der Waals surface area contributed by atoms with E-state index in [4.69, 9.17) is 15.5 Å². The first-order chi connectivity index (χ1) is 28.4. The van der Waals surface area contributed by atoms with Gasteiger partial charge in [-0.15, -0.1) is 0 Å². The quantitative estimate of drug-likeness (QED) is 0.0949. The second kappa shape index (κ2) is 16.7. The van der Waals surface area contributed by atoms with Gasteiger partial charge in [0.1, 0.15) is 23.8 Å². The van der Waals surface area contributed by atoms with Crippen LogP contribution in [0.3, 0.4) is 0 Å². The van der Waals surface area contributed by atoms with E-state index in [0.29, 0.717) is 74.7 Å². The van der Waals surface area contributed by atoms with Gasteiger partial charge in [0.25, 0.3) is 11.8 Å². The molecular formula is C41H48N10O8. The van der Waals surface area contributed by atoms with E-state index in [-0.39, 0.29) is 65.5 Å². The van der Waals surface area contributed by atoms with Crippen molar-refractivity contribution in [3.05, 3.63) is 71.0 Å². The first kappa shape index (κ1) is 39.8. The number of urea groups is 1. The Hall–Kier alpha value is -5.98. The van der Waals surface area contributed by atoms with Crippen molar-refractivity contribution in [1.29, 1.82) is 0 Å². The summed E-state index contributed by atoms with van der Waals surface area (Å²) in [5.41, 5.74) is 8.44. The van der Waals surface area contributed by atoms with Crippen LogP contribution in [0, 0.1) is 5.92 Å². The molecule has 0 bridgehead atoms. The predicted octanol–water partition coefficient (Wildman–Crippen LogP) is 2.27. The fraction of sp³-hybridized carbons (Fsp3) is 0.463. The van der Waals surface area contributed by atoms with Crippen LogP contribution in [0.5, 0.6) is 0 Å². The zero-order valence-corrected chi connectivity index (χ0v) is 32.8. The lowest BCUT2D eigenvalue weighted by molar-refractivity contribution is -0.136. The Kier molecular flexibility index (Phi) is 11.3. The number of nitrogens with two attached hydrogens (primary N) is 1. The van der Waals surface area contributed by atoms with Crippen LogP contribution in [0.4, 0.5) is 27.8 Å². The number of hydrogen-bond donors (Lipinski definition) is 5. The average molecular weight is 809 g/mol. The van der Waals surface area contributed by atoms with Crippen LogP contribution in [0.1, 0.15) is 83.1 Å². The number of imide groups is 2. The topological polar surface area (TPSA) is 233 Å². The molecule has 2 unspecified atom stereocenters. The molecule has 3 atom stereocenters. The van der Waals surface area contributed by atoms with Crippen molar-refractivity contribution in [2.75, 3.05) is 55.4 Å². The minimum atomic E-state index is -1.38. The van der Waals surface area contributed by atoms with Gasteiger partial charge in [-0.3, -0.25) is 34.2 Å². The first-order valence-corrected chi connectivity index (χ1v) is 20.2. The third kappa shape index (κ3) is 8.20. The highest BCUT2D eigenvalue weighted by atomic mass is 16.5. The average Bonchev–Trinajstić information content (AvgIpc) is 3.67. The van der Waals surface area contributed by atoms with Crippen LogP contribution in [-0.2, 0) is 25.5 Å². The molecule has 1 aliphatic carbocycles. The van der Waals surface area contributed by atoms with Crippen molar-refractivity contribution < 1.29 is 38.6 Å². The number of nitrogens with zero attached hydrogens (tertiary/aromatic N) is 6. The van der Waals surface area contributed by atoms with E-state index in [9.17, 15) is 33.9 Å². The molecule has 5 aliphatic rings. The molecule has 310 valence electrons. The molecule has 4 aliphatic heterocycles. The number of ether oxygens (including phenoxy) is 1. The second-order valence-corrected chi connectivity index (χ2v) is 15.8. The van der Waals surface area contributed by atoms with Gasteiger partial charge >= 0.3 is 6.03 Å². The first-order valence-electron chi connectivity index (χ1n) is 20.2. The van der Waals surface area contributed by atoms with Crippen molar-refractivity contribution in [2.45, 2.75) is 75.8 Å². The van der Waals surface area contributed by atoms with Crippen molar-refractivity contribution >= 4 is 58.6 Å². The van der Waals surface area contributed by atoms with Gasteiger partial charge in [-0.05, 0) is 74.8 Å². The Morgan fingerprint density at radius 1 is 1.03 bits per heavy atom. The molecule has 5 heterocycles. The summed E-state index contributed by atoms with van der Waals surface area (Å²) in [7, 11) is 1.81. The fourth-order valence-electron chi connectivity index (χ4n) is 8.55. The number of hydrogen-bond acceptors (Lipinski definition) is 13. The molecule has 0 radical (unpaired) electrons. The van der Waals surface area contributed by atoms with E-state index in [0.717, 1.165) is 24.3 Å². The van der Waals surface area contributed by atoms with Crippen LogP contribution in [0.15, 0.2) is 48.7 Å². The third-order valence-electron chi connectivity index (χ3n) is 11.8. The molecule has 8 rings (SSSR count).